The van der Waals surface area contributed by atoms with Gasteiger partial charge in [-0.15, -0.1) is 0 Å². The minimum atomic E-state index is -4.78. The van der Waals surface area contributed by atoms with E-state index in [2.05, 4.69) is 14.7 Å². The quantitative estimate of drug-likeness (QED) is 0.812. The third-order valence-electron chi connectivity index (χ3n) is 3.49. The zero-order chi connectivity index (χ0) is 16.6. The van der Waals surface area contributed by atoms with Crippen molar-refractivity contribution in [3.8, 4) is 11.4 Å². The summed E-state index contributed by atoms with van der Waals surface area (Å²) in [7, 11) is 0. The first-order chi connectivity index (χ1) is 10.8. The minimum Gasteiger partial charge on any atom is -0.338 e. The molecule has 0 saturated carbocycles. The lowest BCUT2D eigenvalue weighted by atomic mass is 10.1. The second-order valence-corrected chi connectivity index (χ2v) is 5.15. The largest absolute Gasteiger partial charge is 0.471 e. The molecule has 0 unspecified atom stereocenters. The molecule has 1 aliphatic heterocycles. The Labute approximate surface area is 127 Å². The molecule has 0 bridgehead atoms. The predicted octanol–water partition coefficient (Wildman–Crippen LogP) is 3.02. The highest BCUT2D eigenvalue weighted by Gasteiger charge is 2.38. The van der Waals surface area contributed by atoms with Gasteiger partial charge < -0.3 is 9.42 Å². The van der Waals surface area contributed by atoms with Crippen LogP contribution < -0.4 is 0 Å². The van der Waals surface area contributed by atoms with Crippen molar-refractivity contribution in [3.05, 3.63) is 35.5 Å². The monoisotopic (exact) mass is 329 g/mol. The number of nitrogens with zero attached hydrogens (tertiary/aromatic N) is 3. The number of likely N-dealkylation sites (tertiary alicyclic amines) is 1. The van der Waals surface area contributed by atoms with Crippen LogP contribution in [0.5, 0.6) is 0 Å². The van der Waals surface area contributed by atoms with Crippen molar-refractivity contribution in [1.82, 2.24) is 15.0 Å². The first-order valence-corrected chi connectivity index (χ1v) is 6.82. The number of benzene rings is 1. The maximum absolute atomic E-state index is 14.1. The molecule has 1 aromatic carbocycles. The number of carbonyl (C=O) groups excluding carboxylic acids is 1. The molecule has 2 heterocycles. The Hall–Kier alpha value is -2.45. The second-order valence-electron chi connectivity index (χ2n) is 5.15. The molecule has 0 spiro atoms. The van der Waals surface area contributed by atoms with Gasteiger partial charge in [0.15, 0.2) is 0 Å². The van der Waals surface area contributed by atoms with Crippen LogP contribution >= 0.6 is 0 Å². The van der Waals surface area contributed by atoms with Gasteiger partial charge in [-0.2, -0.15) is 18.2 Å². The number of hydrogen-bond acceptors (Lipinski definition) is 4. The van der Waals surface area contributed by atoms with E-state index in [0.29, 0.717) is 18.5 Å². The van der Waals surface area contributed by atoms with E-state index in [1.165, 1.54) is 12.1 Å². The molecular formula is C14H11F4N3O2. The Kier molecular flexibility index (Phi) is 3.78. The normalized spacial score (nSPS) is 15.5. The molecule has 1 fully saturated rings. The molecule has 9 heteroatoms. The first-order valence-electron chi connectivity index (χ1n) is 6.82. The molecule has 0 radical (unpaired) electrons. The van der Waals surface area contributed by atoms with Crippen molar-refractivity contribution in [2.75, 3.05) is 6.54 Å². The maximum atomic E-state index is 14.1. The molecule has 1 aromatic heterocycles. The predicted molar refractivity (Wildman–Crippen MR) is 69.3 cm³/mol. The lowest BCUT2D eigenvalue weighted by molar-refractivity contribution is -0.159. The average molecular weight is 329 g/mol. The molecule has 0 atom stereocenters. The van der Waals surface area contributed by atoms with Crippen LogP contribution in [-0.2, 0) is 17.5 Å². The number of aromatic nitrogens is 2. The summed E-state index contributed by atoms with van der Waals surface area (Å²) in [6.45, 7) is 0.873. The number of hydrogen-bond donors (Lipinski definition) is 0. The molecule has 1 saturated heterocycles. The van der Waals surface area contributed by atoms with Gasteiger partial charge in [0.25, 0.3) is 0 Å². The van der Waals surface area contributed by atoms with Crippen molar-refractivity contribution in [2.45, 2.75) is 25.6 Å². The van der Waals surface area contributed by atoms with Crippen molar-refractivity contribution in [1.29, 1.82) is 0 Å². The van der Waals surface area contributed by atoms with Crippen LogP contribution in [0.4, 0.5) is 17.6 Å². The van der Waals surface area contributed by atoms with Gasteiger partial charge in [-0.05, 0) is 24.1 Å². The van der Waals surface area contributed by atoms with Crippen molar-refractivity contribution in [2.24, 2.45) is 0 Å². The molecule has 1 amide bonds. The van der Waals surface area contributed by atoms with E-state index >= 15 is 0 Å². The average Bonchev–Trinajstić information content (AvgIpc) is 3.09. The number of amides is 1. The van der Waals surface area contributed by atoms with Crippen LogP contribution in [0, 0.1) is 5.82 Å². The third kappa shape index (κ3) is 3.17. The number of alkyl halides is 3. The summed E-state index contributed by atoms with van der Waals surface area (Å²) in [5.74, 6) is -2.77. The molecule has 0 N–H and O–H groups in total. The van der Waals surface area contributed by atoms with Gasteiger partial charge in [-0.25, -0.2) is 4.39 Å². The van der Waals surface area contributed by atoms with Crippen LogP contribution in [0.2, 0.25) is 0 Å². The standard InChI is InChI=1S/C14H11F4N3O2/c15-10-6-8(7-21-5-1-2-11(21)22)3-4-9(10)12-19-13(23-20-12)14(16,17)18/h3-4,6H,1-2,5,7H2. The lowest BCUT2D eigenvalue weighted by Gasteiger charge is -2.15. The van der Waals surface area contributed by atoms with E-state index in [1.807, 2.05) is 0 Å². The molecule has 3 rings (SSSR count). The Morgan fingerprint density at radius 2 is 2.09 bits per heavy atom. The van der Waals surface area contributed by atoms with Gasteiger partial charge in [0.1, 0.15) is 5.82 Å². The summed E-state index contributed by atoms with van der Waals surface area (Å²) in [6, 6.07) is 3.95. The highest BCUT2D eigenvalue weighted by molar-refractivity contribution is 5.78. The maximum Gasteiger partial charge on any atom is 0.471 e. The highest BCUT2D eigenvalue weighted by Crippen LogP contribution is 2.30. The van der Waals surface area contributed by atoms with E-state index in [1.54, 1.807) is 4.90 Å². The van der Waals surface area contributed by atoms with E-state index in [-0.39, 0.29) is 18.0 Å². The van der Waals surface area contributed by atoms with E-state index < -0.39 is 23.7 Å². The SMILES string of the molecule is O=C1CCCN1Cc1ccc(-c2noc(C(F)(F)F)n2)c(F)c1. The van der Waals surface area contributed by atoms with Crippen molar-refractivity contribution in [3.63, 3.8) is 0 Å². The molecule has 1 aliphatic rings. The van der Waals surface area contributed by atoms with Gasteiger partial charge in [-0.1, -0.05) is 11.2 Å². The summed E-state index contributed by atoms with van der Waals surface area (Å²) in [5, 5.41) is 3.15. The summed E-state index contributed by atoms with van der Waals surface area (Å²) in [5.41, 5.74) is 0.349. The molecule has 2 aromatic rings. The van der Waals surface area contributed by atoms with Crippen LogP contribution in [0.3, 0.4) is 0 Å². The summed E-state index contributed by atoms with van der Waals surface area (Å²) in [4.78, 5) is 16.3. The lowest BCUT2D eigenvalue weighted by Crippen LogP contribution is -2.23. The van der Waals surface area contributed by atoms with E-state index in [4.69, 9.17) is 0 Å². The van der Waals surface area contributed by atoms with Crippen LogP contribution in [0.25, 0.3) is 11.4 Å². The van der Waals surface area contributed by atoms with Crippen molar-refractivity contribution < 1.29 is 26.9 Å². The zero-order valence-corrected chi connectivity index (χ0v) is 11.7. The van der Waals surface area contributed by atoms with E-state index in [0.717, 1.165) is 12.5 Å². The minimum absolute atomic E-state index is 0.00229. The fourth-order valence-corrected chi connectivity index (χ4v) is 2.38. The van der Waals surface area contributed by atoms with Gasteiger partial charge >= 0.3 is 12.1 Å². The summed E-state index contributed by atoms with van der Waals surface area (Å²) < 4.78 is 55.4. The van der Waals surface area contributed by atoms with Gasteiger partial charge in [0.05, 0.1) is 5.56 Å². The van der Waals surface area contributed by atoms with Crippen LogP contribution in [0.15, 0.2) is 22.7 Å². The molecule has 23 heavy (non-hydrogen) atoms. The zero-order valence-electron chi connectivity index (χ0n) is 11.7. The Bertz CT molecular complexity index is 742. The first kappa shape index (κ1) is 15.4. The van der Waals surface area contributed by atoms with Crippen molar-refractivity contribution >= 4 is 5.91 Å². The molecule has 0 aliphatic carbocycles. The summed E-state index contributed by atoms with van der Waals surface area (Å²) in [6.07, 6.45) is -3.54. The molecule has 122 valence electrons. The Balaban J connectivity index is 1.82. The third-order valence-corrected chi connectivity index (χ3v) is 3.49. The van der Waals surface area contributed by atoms with Gasteiger partial charge in [0.2, 0.25) is 11.7 Å². The van der Waals surface area contributed by atoms with Gasteiger partial charge in [-0.3, -0.25) is 4.79 Å². The van der Waals surface area contributed by atoms with Crippen LogP contribution in [-0.4, -0.2) is 27.5 Å². The Morgan fingerprint density at radius 1 is 1.30 bits per heavy atom. The van der Waals surface area contributed by atoms with Gasteiger partial charge in [0, 0.05) is 19.5 Å². The smallest absolute Gasteiger partial charge is 0.338 e. The number of rotatable bonds is 3. The highest BCUT2D eigenvalue weighted by atomic mass is 19.4. The molecular weight excluding hydrogens is 318 g/mol. The summed E-state index contributed by atoms with van der Waals surface area (Å²) >= 11 is 0. The molecule has 5 nitrogen and oxygen atoms in total. The van der Waals surface area contributed by atoms with E-state index in [9.17, 15) is 22.4 Å². The number of carbonyl (C=O) groups is 1. The topological polar surface area (TPSA) is 59.2 Å². The number of halogens is 4. The fraction of sp³-hybridized carbons (Fsp3) is 0.357. The second kappa shape index (κ2) is 5.64. The van der Waals surface area contributed by atoms with Crippen LogP contribution in [0.1, 0.15) is 24.3 Å². The Morgan fingerprint density at radius 3 is 2.65 bits per heavy atom. The fourth-order valence-electron chi connectivity index (χ4n) is 2.38.